The zero-order valence-corrected chi connectivity index (χ0v) is 63.5. The van der Waals surface area contributed by atoms with E-state index in [4.69, 9.17) is 28.4 Å². The van der Waals surface area contributed by atoms with E-state index < -0.39 is 124 Å². The van der Waals surface area contributed by atoms with Crippen LogP contribution in [-0.2, 0) is 33.2 Å². The van der Waals surface area contributed by atoms with E-state index in [0.717, 1.165) is 96.3 Å². The van der Waals surface area contributed by atoms with Crippen LogP contribution in [0.2, 0.25) is 0 Å². The van der Waals surface area contributed by atoms with Crippen molar-refractivity contribution in [2.45, 2.75) is 388 Å². The van der Waals surface area contributed by atoms with Crippen LogP contribution in [0.1, 0.15) is 284 Å². The molecule has 0 aromatic rings. The van der Waals surface area contributed by atoms with Gasteiger partial charge in [0.25, 0.3) is 0 Å². The molecule has 17 atom stereocenters. The highest BCUT2D eigenvalue weighted by Crippen LogP contribution is 2.33. The second kappa shape index (κ2) is 63.4. The van der Waals surface area contributed by atoms with Crippen LogP contribution in [0, 0.1) is 0 Å². The molecule has 103 heavy (non-hydrogen) atoms. The second-order valence-corrected chi connectivity index (χ2v) is 28.5. The summed E-state index contributed by atoms with van der Waals surface area (Å²) in [7, 11) is 0. The summed E-state index contributed by atoms with van der Waals surface area (Å²) in [4.78, 5) is 13.5. The van der Waals surface area contributed by atoms with Gasteiger partial charge in [0.05, 0.1) is 38.6 Å². The van der Waals surface area contributed by atoms with Crippen molar-refractivity contribution in [3.63, 3.8) is 0 Å². The maximum Gasteiger partial charge on any atom is 0.220 e. The van der Waals surface area contributed by atoms with Gasteiger partial charge >= 0.3 is 0 Å². The molecular formula is C84H145NO18. The molecule has 3 aliphatic heterocycles. The predicted octanol–water partition coefficient (Wildman–Crippen LogP) is 13.7. The van der Waals surface area contributed by atoms with E-state index in [2.05, 4.69) is 116 Å². The van der Waals surface area contributed by atoms with Crippen LogP contribution in [0.25, 0.3) is 0 Å². The molecule has 0 radical (unpaired) electrons. The zero-order valence-electron chi connectivity index (χ0n) is 63.5. The van der Waals surface area contributed by atoms with Gasteiger partial charge < -0.3 is 89.9 Å². The Morgan fingerprint density at radius 2 is 0.680 bits per heavy atom. The van der Waals surface area contributed by atoms with Gasteiger partial charge in [-0.25, -0.2) is 0 Å². The lowest BCUT2D eigenvalue weighted by molar-refractivity contribution is -0.379. The van der Waals surface area contributed by atoms with Crippen molar-refractivity contribution in [3.8, 4) is 0 Å². The molecule has 0 aromatic carbocycles. The van der Waals surface area contributed by atoms with Gasteiger partial charge in [-0.15, -0.1) is 0 Å². The molecule has 0 saturated carbocycles. The average molecular weight is 1460 g/mol. The standard InChI is InChI=1S/C84H145NO18/c1-3-5-7-9-11-13-15-17-19-21-23-25-27-29-30-31-32-33-34-35-36-38-40-42-44-46-48-50-52-54-56-58-60-62-72(90)85-67(68(89)61-59-57-55-53-51-49-47-45-43-41-39-37-28-26-24-22-20-18-16-14-12-10-8-6-4-2)66-98-82-78(96)75(93)80(70(64-87)100-82)103-84-79(97)76(94)81(71(65-88)101-84)102-83-77(95)74(92)73(91)69(63-86)99-83/h5,7,11,13,17,19,23,25,29-30,32-33,43,45,51,53,59,61,67-71,73-84,86-89,91-97H,3-4,6,8-10,12,14-16,18,20-22,24,26-28,31,34-42,44,46-50,52,54-58,60,62-66H2,1-2H3,(H,85,90)/b7-5-,13-11-,19-17-,25-23-,30-29-,33-32-,45-43+,53-51+,61-59+. The fourth-order valence-corrected chi connectivity index (χ4v) is 13.1. The molecule has 594 valence electrons. The first kappa shape index (κ1) is 93.7. The molecule has 0 aromatic heterocycles. The molecule has 3 saturated heterocycles. The summed E-state index contributed by atoms with van der Waals surface area (Å²) in [5.41, 5.74) is 0. The molecule has 0 aliphatic carbocycles. The minimum atomic E-state index is -1.99. The molecule has 17 unspecified atom stereocenters. The number of carbonyl (C=O) groups excluding carboxylic acids is 1. The first-order valence-corrected chi connectivity index (χ1v) is 40.6. The number of allylic oxidation sites excluding steroid dienone is 17. The minimum Gasteiger partial charge on any atom is -0.394 e. The van der Waals surface area contributed by atoms with Gasteiger partial charge in [0.1, 0.15) is 73.2 Å². The molecule has 3 aliphatic rings. The van der Waals surface area contributed by atoms with Gasteiger partial charge in [-0.3, -0.25) is 4.79 Å². The first-order chi connectivity index (χ1) is 50.3. The van der Waals surface area contributed by atoms with Crippen molar-refractivity contribution in [1.82, 2.24) is 5.32 Å². The van der Waals surface area contributed by atoms with Crippen LogP contribution in [0.5, 0.6) is 0 Å². The van der Waals surface area contributed by atoms with Crippen LogP contribution >= 0.6 is 0 Å². The number of hydrogen-bond donors (Lipinski definition) is 12. The molecule has 0 spiro atoms. The van der Waals surface area contributed by atoms with Crippen LogP contribution in [0.3, 0.4) is 0 Å². The van der Waals surface area contributed by atoms with Crippen molar-refractivity contribution < 1.29 is 89.4 Å². The molecular weight excluding hydrogens is 1310 g/mol. The Bertz CT molecular complexity index is 2290. The first-order valence-electron chi connectivity index (χ1n) is 40.6. The normalized spacial score (nSPS) is 26.6. The topological polar surface area (TPSA) is 307 Å². The summed E-state index contributed by atoms with van der Waals surface area (Å²) in [6.07, 6.45) is 60.7. The van der Waals surface area contributed by atoms with Crippen LogP contribution in [0.4, 0.5) is 0 Å². The smallest absolute Gasteiger partial charge is 0.220 e. The summed E-state index contributed by atoms with van der Waals surface area (Å²) in [6.45, 7) is 1.61. The zero-order chi connectivity index (χ0) is 74.6. The Balaban J connectivity index is 1.38. The summed E-state index contributed by atoms with van der Waals surface area (Å²) < 4.78 is 34.4. The average Bonchev–Trinajstić information content (AvgIpc) is 0.781. The maximum atomic E-state index is 13.5. The monoisotopic (exact) mass is 1460 g/mol. The Morgan fingerprint density at radius 1 is 0.359 bits per heavy atom. The van der Waals surface area contributed by atoms with Crippen LogP contribution < -0.4 is 5.32 Å². The number of amides is 1. The van der Waals surface area contributed by atoms with Crippen molar-refractivity contribution in [2.24, 2.45) is 0 Å². The summed E-state index contributed by atoms with van der Waals surface area (Å²) in [5.74, 6) is -0.292. The van der Waals surface area contributed by atoms with Gasteiger partial charge in [0.2, 0.25) is 5.91 Å². The van der Waals surface area contributed by atoms with Crippen molar-refractivity contribution in [1.29, 1.82) is 0 Å². The number of aliphatic hydroxyl groups is 11. The molecule has 3 fully saturated rings. The van der Waals surface area contributed by atoms with Gasteiger partial charge in [-0.05, 0) is 96.3 Å². The largest absolute Gasteiger partial charge is 0.394 e. The fourth-order valence-electron chi connectivity index (χ4n) is 13.1. The van der Waals surface area contributed by atoms with Gasteiger partial charge in [-0.1, -0.05) is 290 Å². The lowest BCUT2D eigenvalue weighted by Gasteiger charge is -2.48. The highest BCUT2D eigenvalue weighted by atomic mass is 16.8. The highest BCUT2D eigenvalue weighted by Gasteiger charge is 2.54. The van der Waals surface area contributed by atoms with E-state index >= 15 is 0 Å². The molecule has 12 N–H and O–H groups in total. The van der Waals surface area contributed by atoms with Crippen LogP contribution in [0.15, 0.2) is 109 Å². The molecule has 1 amide bonds. The number of carbonyl (C=O) groups is 1. The number of nitrogens with one attached hydrogen (secondary N) is 1. The van der Waals surface area contributed by atoms with E-state index in [9.17, 15) is 61.0 Å². The Labute approximate surface area is 621 Å². The van der Waals surface area contributed by atoms with E-state index in [-0.39, 0.29) is 18.9 Å². The fraction of sp³-hybridized carbons (Fsp3) is 0.774. The summed E-state index contributed by atoms with van der Waals surface area (Å²) >= 11 is 0. The van der Waals surface area contributed by atoms with Gasteiger partial charge in [-0.2, -0.15) is 0 Å². The molecule has 19 nitrogen and oxygen atoms in total. The third kappa shape index (κ3) is 43.3. The number of hydrogen-bond acceptors (Lipinski definition) is 18. The Hall–Kier alpha value is -3.55. The number of rotatable bonds is 63. The SMILES string of the molecule is CC/C=C\C/C=C\C/C=C\C/C=C\C/C=C\C/C=C\CCCCCCCCCCCCCCCCC(=O)NC(COC1OC(CO)C(OC2OC(CO)C(OC3OC(CO)C(O)C(O)C3O)C(O)C2O)C(O)C1O)C(O)/C=C/CC/C=C/CC/C=C/CCCCCCCCCCCCCCCCC. The Kier molecular flexibility index (Phi) is 57.6. The maximum absolute atomic E-state index is 13.5. The third-order valence-corrected chi connectivity index (χ3v) is 19.5. The van der Waals surface area contributed by atoms with Crippen molar-refractivity contribution in [2.75, 3.05) is 26.4 Å². The highest BCUT2D eigenvalue weighted by molar-refractivity contribution is 5.76. The minimum absolute atomic E-state index is 0.226. The number of ether oxygens (including phenoxy) is 6. The van der Waals surface area contributed by atoms with Crippen molar-refractivity contribution in [3.05, 3.63) is 109 Å². The summed E-state index contributed by atoms with van der Waals surface area (Å²) in [5, 5.41) is 121. The van der Waals surface area contributed by atoms with E-state index in [1.807, 2.05) is 6.08 Å². The van der Waals surface area contributed by atoms with E-state index in [1.165, 1.54) is 154 Å². The molecule has 19 heteroatoms. The number of aliphatic hydroxyl groups excluding tert-OH is 11. The second-order valence-electron chi connectivity index (χ2n) is 28.5. The van der Waals surface area contributed by atoms with Gasteiger partial charge in [0, 0.05) is 6.42 Å². The molecule has 0 bridgehead atoms. The lowest BCUT2D eigenvalue weighted by Crippen LogP contribution is -2.66. The Morgan fingerprint density at radius 3 is 1.09 bits per heavy atom. The predicted molar refractivity (Wildman–Crippen MR) is 410 cm³/mol. The van der Waals surface area contributed by atoms with E-state index in [1.54, 1.807) is 6.08 Å². The quantitative estimate of drug-likeness (QED) is 0.0199. The number of unbranched alkanes of at least 4 members (excludes halogenated alkanes) is 31. The molecule has 3 heterocycles. The van der Waals surface area contributed by atoms with Gasteiger partial charge in [0.15, 0.2) is 18.9 Å². The lowest BCUT2D eigenvalue weighted by atomic mass is 9.96. The van der Waals surface area contributed by atoms with Crippen molar-refractivity contribution >= 4 is 5.91 Å². The third-order valence-electron chi connectivity index (χ3n) is 19.5. The summed E-state index contributed by atoms with van der Waals surface area (Å²) in [6, 6.07) is -1.00. The molecule has 3 rings (SSSR count). The van der Waals surface area contributed by atoms with Crippen LogP contribution in [-0.4, -0.2) is 193 Å². The van der Waals surface area contributed by atoms with E-state index in [0.29, 0.717) is 12.8 Å².